The SMILES string of the molecule is C=C1/C=C(c2ccc(-c3cccc(-c4ccc5c(c4)c4ccccc4n5-c4ccccc4)c3)cc2)\C=C/N(c2ccccc2)c2ccccc21. The summed E-state index contributed by atoms with van der Waals surface area (Å²) in [5, 5.41) is 2.52. The smallest absolute Gasteiger partial charge is 0.0541 e. The summed E-state index contributed by atoms with van der Waals surface area (Å²) in [5.41, 5.74) is 15.0. The quantitative estimate of drug-likeness (QED) is 0.182. The summed E-state index contributed by atoms with van der Waals surface area (Å²) < 4.78 is 2.36. The number of benzene rings is 7. The first-order valence-electron chi connectivity index (χ1n) is 17.0. The van der Waals surface area contributed by atoms with E-state index in [9.17, 15) is 0 Å². The molecule has 2 nitrogen and oxygen atoms in total. The Morgan fingerprint density at radius 1 is 0.420 bits per heavy atom. The minimum Gasteiger partial charge on any atom is -0.317 e. The fourth-order valence-corrected chi connectivity index (χ4v) is 7.24. The van der Waals surface area contributed by atoms with Crippen molar-refractivity contribution >= 4 is 44.3 Å². The molecule has 0 N–H and O–H groups in total. The average molecular weight is 639 g/mol. The van der Waals surface area contributed by atoms with E-state index < -0.39 is 0 Å². The fraction of sp³-hybridized carbons (Fsp3) is 0. The summed E-state index contributed by atoms with van der Waals surface area (Å²) in [6.07, 6.45) is 6.55. The molecule has 0 spiro atoms. The number of fused-ring (bicyclic) bond motifs is 4. The lowest BCUT2D eigenvalue weighted by molar-refractivity contribution is 1.18. The van der Waals surface area contributed by atoms with Gasteiger partial charge in [0, 0.05) is 33.9 Å². The van der Waals surface area contributed by atoms with Gasteiger partial charge in [-0.3, -0.25) is 0 Å². The van der Waals surface area contributed by atoms with Crippen LogP contribution in [-0.2, 0) is 0 Å². The number of hydrogen-bond acceptors (Lipinski definition) is 1. The van der Waals surface area contributed by atoms with Crippen molar-refractivity contribution in [3.05, 3.63) is 212 Å². The van der Waals surface area contributed by atoms with E-state index in [0.29, 0.717) is 0 Å². The van der Waals surface area contributed by atoms with E-state index in [1.807, 2.05) is 0 Å². The maximum Gasteiger partial charge on any atom is 0.0541 e. The predicted octanol–water partition coefficient (Wildman–Crippen LogP) is 12.9. The minimum absolute atomic E-state index is 0.988. The molecule has 50 heavy (non-hydrogen) atoms. The Labute approximate surface area is 292 Å². The van der Waals surface area contributed by atoms with Crippen molar-refractivity contribution in [3.63, 3.8) is 0 Å². The van der Waals surface area contributed by atoms with Crippen molar-refractivity contribution in [1.29, 1.82) is 0 Å². The Morgan fingerprint density at radius 2 is 1.02 bits per heavy atom. The monoisotopic (exact) mass is 638 g/mol. The van der Waals surface area contributed by atoms with Crippen molar-refractivity contribution in [3.8, 4) is 27.9 Å². The second kappa shape index (κ2) is 12.4. The number of para-hydroxylation sites is 4. The molecule has 0 fully saturated rings. The van der Waals surface area contributed by atoms with Crippen LogP contribution in [0.3, 0.4) is 0 Å². The summed E-state index contributed by atoms with van der Waals surface area (Å²) in [5.74, 6) is 0. The highest BCUT2D eigenvalue weighted by molar-refractivity contribution is 6.10. The molecule has 0 aliphatic carbocycles. The molecule has 9 rings (SSSR count). The van der Waals surface area contributed by atoms with Crippen molar-refractivity contribution in [2.24, 2.45) is 0 Å². The molecule has 2 heterocycles. The largest absolute Gasteiger partial charge is 0.317 e. The molecule has 2 heteroatoms. The molecule has 0 radical (unpaired) electrons. The zero-order valence-corrected chi connectivity index (χ0v) is 27.6. The van der Waals surface area contributed by atoms with Gasteiger partial charge < -0.3 is 9.47 Å². The first-order chi connectivity index (χ1) is 24.7. The van der Waals surface area contributed by atoms with E-state index in [-0.39, 0.29) is 0 Å². The molecule has 0 bridgehead atoms. The maximum absolute atomic E-state index is 4.48. The third-order valence-corrected chi connectivity index (χ3v) is 9.71. The number of nitrogens with zero attached hydrogens (tertiary/aromatic N) is 2. The second-order valence-electron chi connectivity index (χ2n) is 12.7. The zero-order chi connectivity index (χ0) is 33.4. The minimum atomic E-state index is 0.988. The van der Waals surface area contributed by atoms with Crippen LogP contribution >= 0.6 is 0 Å². The maximum atomic E-state index is 4.48. The third kappa shape index (κ3) is 5.24. The summed E-state index contributed by atoms with van der Waals surface area (Å²) in [6, 6.07) is 62.9. The summed E-state index contributed by atoms with van der Waals surface area (Å²) in [4.78, 5) is 2.24. The highest BCUT2D eigenvalue weighted by atomic mass is 15.1. The molecule has 236 valence electrons. The van der Waals surface area contributed by atoms with Gasteiger partial charge in [-0.1, -0.05) is 128 Å². The number of allylic oxidation sites excluding steroid dienone is 4. The van der Waals surface area contributed by atoms with E-state index in [1.54, 1.807) is 0 Å². The van der Waals surface area contributed by atoms with E-state index in [2.05, 4.69) is 210 Å². The predicted molar refractivity (Wildman–Crippen MR) is 213 cm³/mol. The summed E-state index contributed by atoms with van der Waals surface area (Å²) >= 11 is 0. The van der Waals surface area contributed by atoms with Gasteiger partial charge in [0.1, 0.15) is 0 Å². The van der Waals surface area contributed by atoms with Crippen LogP contribution < -0.4 is 4.90 Å². The van der Waals surface area contributed by atoms with Gasteiger partial charge >= 0.3 is 0 Å². The van der Waals surface area contributed by atoms with E-state index in [4.69, 9.17) is 0 Å². The fourth-order valence-electron chi connectivity index (χ4n) is 7.24. The molecule has 0 saturated carbocycles. The molecule has 0 unspecified atom stereocenters. The Hall–Kier alpha value is -6.64. The van der Waals surface area contributed by atoms with Crippen molar-refractivity contribution in [2.45, 2.75) is 0 Å². The topological polar surface area (TPSA) is 8.17 Å². The molecule has 0 atom stereocenters. The number of rotatable bonds is 5. The van der Waals surface area contributed by atoms with Crippen molar-refractivity contribution in [1.82, 2.24) is 4.57 Å². The van der Waals surface area contributed by atoms with Gasteiger partial charge in [0.25, 0.3) is 0 Å². The van der Waals surface area contributed by atoms with Crippen LogP contribution in [0.1, 0.15) is 11.1 Å². The highest BCUT2D eigenvalue weighted by Gasteiger charge is 2.16. The van der Waals surface area contributed by atoms with Gasteiger partial charge in [0.2, 0.25) is 0 Å². The van der Waals surface area contributed by atoms with Crippen molar-refractivity contribution in [2.75, 3.05) is 4.90 Å². The summed E-state index contributed by atoms with van der Waals surface area (Å²) in [7, 11) is 0. The van der Waals surface area contributed by atoms with Crippen LogP contribution in [0.5, 0.6) is 0 Å². The van der Waals surface area contributed by atoms with Crippen LogP contribution in [0.15, 0.2) is 201 Å². The van der Waals surface area contributed by atoms with Gasteiger partial charge in [0.15, 0.2) is 0 Å². The molecule has 0 amide bonds. The van der Waals surface area contributed by atoms with E-state index in [1.165, 1.54) is 49.7 Å². The molecule has 1 aromatic heterocycles. The molecular formula is C48H34N2. The number of aromatic nitrogens is 1. The average Bonchev–Trinajstić information content (AvgIpc) is 3.51. The molecular weight excluding hydrogens is 605 g/mol. The lowest BCUT2D eigenvalue weighted by atomic mass is 9.94. The first-order valence-corrected chi connectivity index (χ1v) is 17.0. The third-order valence-electron chi connectivity index (χ3n) is 9.71. The van der Waals surface area contributed by atoms with Gasteiger partial charge in [-0.15, -0.1) is 0 Å². The Bertz CT molecular complexity index is 2590. The van der Waals surface area contributed by atoms with E-state index in [0.717, 1.165) is 33.6 Å². The molecule has 7 aromatic carbocycles. The normalized spacial score (nSPS) is 14.5. The Morgan fingerprint density at radius 3 is 1.82 bits per heavy atom. The van der Waals surface area contributed by atoms with Gasteiger partial charge in [-0.25, -0.2) is 0 Å². The van der Waals surface area contributed by atoms with Gasteiger partial charge in [0.05, 0.1) is 16.7 Å². The first kappa shape index (κ1) is 29.5. The van der Waals surface area contributed by atoms with Crippen LogP contribution in [-0.4, -0.2) is 4.57 Å². The lowest BCUT2D eigenvalue weighted by Gasteiger charge is -2.26. The lowest BCUT2D eigenvalue weighted by Crippen LogP contribution is -2.11. The van der Waals surface area contributed by atoms with Crippen LogP contribution in [0.4, 0.5) is 11.4 Å². The molecule has 1 aliphatic heterocycles. The molecule has 8 aromatic rings. The van der Waals surface area contributed by atoms with Gasteiger partial charge in [-0.05, 0) is 106 Å². The number of hydrogen-bond donors (Lipinski definition) is 0. The number of anilines is 2. The second-order valence-corrected chi connectivity index (χ2v) is 12.7. The Balaban J connectivity index is 1.05. The van der Waals surface area contributed by atoms with Crippen LogP contribution in [0.25, 0.3) is 60.9 Å². The van der Waals surface area contributed by atoms with Crippen LogP contribution in [0, 0.1) is 0 Å². The van der Waals surface area contributed by atoms with Crippen LogP contribution in [0.2, 0.25) is 0 Å². The highest BCUT2D eigenvalue weighted by Crippen LogP contribution is 2.38. The van der Waals surface area contributed by atoms with Crippen molar-refractivity contribution < 1.29 is 0 Å². The van der Waals surface area contributed by atoms with E-state index >= 15 is 0 Å². The standard InChI is InChI=1S/C48H34N2/c1-34-31-40(29-30-49(41-15-4-2-5-16-41)46-21-10-8-19-43(34)46)36-25-23-35(24-26-36)37-13-12-14-38(32-37)39-27-28-48-45(33-39)44-20-9-11-22-47(44)50(48)42-17-6-3-7-18-42/h2-33H,1H2/b30-29-,40-31+. The molecule has 0 saturated heterocycles. The Kier molecular flexibility index (Phi) is 7.33. The van der Waals surface area contributed by atoms with Gasteiger partial charge in [-0.2, -0.15) is 0 Å². The zero-order valence-electron chi connectivity index (χ0n) is 27.6. The summed E-state index contributed by atoms with van der Waals surface area (Å²) in [6.45, 7) is 4.48. The molecule has 1 aliphatic rings.